The lowest BCUT2D eigenvalue weighted by Gasteiger charge is -2.32. The van der Waals surface area contributed by atoms with E-state index in [-0.39, 0.29) is 5.56 Å². The zero-order valence-electron chi connectivity index (χ0n) is 18.3. The highest BCUT2D eigenvalue weighted by atomic mass is 79.9. The second kappa shape index (κ2) is 9.96. The Kier molecular flexibility index (Phi) is 7.08. The van der Waals surface area contributed by atoms with Crippen LogP contribution in [0.3, 0.4) is 0 Å². The third-order valence-corrected chi connectivity index (χ3v) is 7.35. The fourth-order valence-corrected chi connectivity index (χ4v) is 4.71. The zero-order chi connectivity index (χ0) is 21.8. The maximum Gasteiger partial charge on any atom is 0.251 e. The van der Waals surface area contributed by atoms with E-state index in [1.54, 1.807) is 25.4 Å². The average molecular weight is 484 g/mol. The molecule has 0 atom stereocenters. The lowest BCUT2D eigenvalue weighted by molar-refractivity contribution is 0.174. The van der Waals surface area contributed by atoms with Crippen LogP contribution in [0.1, 0.15) is 30.4 Å². The number of aryl methyl sites for hydroxylation is 2. The molecule has 31 heavy (non-hydrogen) atoms. The van der Waals surface area contributed by atoms with E-state index in [1.807, 2.05) is 10.6 Å². The standard InChI is InChI=1S/C25H30BrN3O2/c1-18-15-20(5-6-22(18)26)4-3-19-9-11-28(12-10-19)13-14-29-24-16-21(31-2)17-27-23(24)7-8-25(29)30/h5-8,15-17,19H,3-4,9-14H2,1-2H3. The summed E-state index contributed by atoms with van der Waals surface area (Å²) in [6.07, 6.45) is 6.56. The molecule has 1 aromatic carbocycles. The van der Waals surface area contributed by atoms with Crippen molar-refractivity contribution in [2.24, 2.45) is 5.92 Å². The summed E-state index contributed by atoms with van der Waals surface area (Å²) in [5.41, 5.74) is 4.42. The molecule has 3 heterocycles. The van der Waals surface area contributed by atoms with Crippen LogP contribution >= 0.6 is 15.9 Å². The van der Waals surface area contributed by atoms with Crippen molar-refractivity contribution in [2.75, 3.05) is 26.7 Å². The van der Waals surface area contributed by atoms with Crippen molar-refractivity contribution in [3.8, 4) is 5.75 Å². The van der Waals surface area contributed by atoms with Crippen LogP contribution in [0.5, 0.6) is 5.75 Å². The van der Waals surface area contributed by atoms with Crippen LogP contribution in [-0.4, -0.2) is 41.2 Å². The molecule has 5 nitrogen and oxygen atoms in total. The maximum atomic E-state index is 12.5. The summed E-state index contributed by atoms with van der Waals surface area (Å²) in [7, 11) is 1.62. The van der Waals surface area contributed by atoms with Crippen molar-refractivity contribution in [1.29, 1.82) is 0 Å². The SMILES string of the molecule is COc1cnc2ccc(=O)n(CCN3CCC(CCc4ccc(Br)c(C)c4)CC3)c2c1. The molecule has 1 aliphatic heterocycles. The van der Waals surface area contributed by atoms with Crippen LogP contribution in [0.15, 0.2) is 51.9 Å². The molecule has 1 fully saturated rings. The van der Waals surface area contributed by atoms with Crippen LogP contribution < -0.4 is 10.3 Å². The van der Waals surface area contributed by atoms with Gasteiger partial charge in [0, 0.05) is 29.7 Å². The number of pyridine rings is 2. The molecule has 2 aromatic heterocycles. The summed E-state index contributed by atoms with van der Waals surface area (Å²) in [6, 6.07) is 12.0. The predicted octanol–water partition coefficient (Wildman–Crippen LogP) is 4.82. The van der Waals surface area contributed by atoms with E-state index in [1.165, 1.54) is 34.9 Å². The number of methoxy groups -OCH3 is 1. The number of likely N-dealkylation sites (tertiary alicyclic amines) is 1. The number of ether oxygens (including phenoxy) is 1. The number of halogens is 1. The van der Waals surface area contributed by atoms with Crippen molar-refractivity contribution in [3.05, 3.63) is 68.5 Å². The Labute approximate surface area is 192 Å². The highest BCUT2D eigenvalue weighted by Gasteiger charge is 2.19. The van der Waals surface area contributed by atoms with Crippen LogP contribution in [-0.2, 0) is 13.0 Å². The van der Waals surface area contributed by atoms with Gasteiger partial charge in [0.25, 0.3) is 5.56 Å². The van der Waals surface area contributed by atoms with Crippen LogP contribution in [0.4, 0.5) is 0 Å². The molecule has 6 heteroatoms. The lowest BCUT2D eigenvalue weighted by Crippen LogP contribution is -2.37. The first-order chi connectivity index (χ1) is 15.0. The molecule has 0 amide bonds. The van der Waals surface area contributed by atoms with E-state index in [0.717, 1.165) is 43.0 Å². The van der Waals surface area contributed by atoms with Crippen molar-refractivity contribution in [3.63, 3.8) is 0 Å². The molecular weight excluding hydrogens is 454 g/mol. The third kappa shape index (κ3) is 5.36. The molecule has 164 valence electrons. The number of benzene rings is 1. The van der Waals surface area contributed by atoms with E-state index in [9.17, 15) is 4.79 Å². The number of hydrogen-bond acceptors (Lipinski definition) is 4. The first-order valence-corrected chi connectivity index (χ1v) is 11.8. The largest absolute Gasteiger partial charge is 0.495 e. The molecule has 0 saturated carbocycles. The molecule has 4 rings (SSSR count). The van der Waals surface area contributed by atoms with Crippen LogP contribution in [0, 0.1) is 12.8 Å². The Balaban J connectivity index is 1.31. The van der Waals surface area contributed by atoms with Gasteiger partial charge in [-0.2, -0.15) is 0 Å². The highest BCUT2D eigenvalue weighted by molar-refractivity contribution is 9.10. The molecule has 0 radical (unpaired) electrons. The van der Waals surface area contributed by atoms with E-state index in [4.69, 9.17) is 4.74 Å². The Bertz CT molecular complexity index is 1100. The van der Waals surface area contributed by atoms with E-state index >= 15 is 0 Å². The first-order valence-electron chi connectivity index (χ1n) is 11.0. The second-order valence-electron chi connectivity index (χ2n) is 8.51. The molecule has 0 bridgehead atoms. The summed E-state index contributed by atoms with van der Waals surface area (Å²) < 4.78 is 8.31. The molecule has 0 unspecified atom stereocenters. The number of aromatic nitrogens is 2. The Morgan fingerprint density at radius 1 is 1.13 bits per heavy atom. The molecular formula is C25H30BrN3O2. The lowest BCUT2D eigenvalue weighted by atomic mass is 9.90. The van der Waals surface area contributed by atoms with Crippen LogP contribution in [0.25, 0.3) is 11.0 Å². The summed E-state index contributed by atoms with van der Waals surface area (Å²) >= 11 is 3.58. The van der Waals surface area contributed by atoms with Gasteiger partial charge in [0.05, 0.1) is 24.3 Å². The smallest absolute Gasteiger partial charge is 0.251 e. The van der Waals surface area contributed by atoms with Gasteiger partial charge in [0.2, 0.25) is 0 Å². The minimum Gasteiger partial charge on any atom is -0.495 e. The maximum absolute atomic E-state index is 12.5. The molecule has 0 N–H and O–H groups in total. The van der Waals surface area contributed by atoms with Gasteiger partial charge in [-0.25, -0.2) is 0 Å². The highest BCUT2D eigenvalue weighted by Crippen LogP contribution is 2.24. The first kappa shape index (κ1) is 22.0. The normalized spacial score (nSPS) is 15.5. The fourth-order valence-electron chi connectivity index (χ4n) is 4.46. The monoisotopic (exact) mass is 483 g/mol. The Morgan fingerprint density at radius 2 is 1.94 bits per heavy atom. The van der Waals surface area contributed by atoms with Gasteiger partial charge in [-0.05, 0) is 74.9 Å². The molecule has 3 aromatic rings. The van der Waals surface area contributed by atoms with E-state index < -0.39 is 0 Å². The van der Waals surface area contributed by atoms with Crippen molar-refractivity contribution < 1.29 is 4.74 Å². The van der Waals surface area contributed by atoms with Gasteiger partial charge in [0.1, 0.15) is 5.75 Å². The topological polar surface area (TPSA) is 47.4 Å². The fraction of sp³-hybridized carbons (Fsp3) is 0.440. The number of nitrogens with zero attached hydrogens (tertiary/aromatic N) is 3. The minimum atomic E-state index is 0.0160. The molecule has 1 saturated heterocycles. The third-order valence-electron chi connectivity index (χ3n) is 6.46. The van der Waals surface area contributed by atoms with Crippen molar-refractivity contribution in [2.45, 2.75) is 39.2 Å². The van der Waals surface area contributed by atoms with Gasteiger partial charge in [-0.15, -0.1) is 0 Å². The van der Waals surface area contributed by atoms with E-state index in [2.05, 4.69) is 50.9 Å². The summed E-state index contributed by atoms with van der Waals surface area (Å²) in [5, 5.41) is 0. The van der Waals surface area contributed by atoms with Gasteiger partial charge < -0.3 is 14.2 Å². The average Bonchev–Trinajstić information content (AvgIpc) is 2.79. The Morgan fingerprint density at radius 3 is 2.68 bits per heavy atom. The van der Waals surface area contributed by atoms with Gasteiger partial charge in [0.15, 0.2) is 0 Å². The number of rotatable bonds is 7. The minimum absolute atomic E-state index is 0.0160. The number of fused-ring (bicyclic) bond motifs is 1. The summed E-state index contributed by atoms with van der Waals surface area (Å²) in [6.45, 7) is 5.92. The van der Waals surface area contributed by atoms with Crippen LogP contribution in [0.2, 0.25) is 0 Å². The number of hydrogen-bond donors (Lipinski definition) is 0. The summed E-state index contributed by atoms with van der Waals surface area (Å²) in [4.78, 5) is 19.4. The number of piperidine rings is 1. The van der Waals surface area contributed by atoms with Crippen molar-refractivity contribution in [1.82, 2.24) is 14.5 Å². The van der Waals surface area contributed by atoms with Gasteiger partial charge >= 0.3 is 0 Å². The zero-order valence-corrected chi connectivity index (χ0v) is 19.9. The molecule has 1 aliphatic rings. The quantitative estimate of drug-likeness (QED) is 0.483. The second-order valence-corrected chi connectivity index (χ2v) is 9.36. The van der Waals surface area contributed by atoms with Crippen molar-refractivity contribution >= 4 is 27.0 Å². The molecule has 0 aliphatic carbocycles. The Hall–Kier alpha value is -2.18. The predicted molar refractivity (Wildman–Crippen MR) is 129 cm³/mol. The summed E-state index contributed by atoms with van der Waals surface area (Å²) in [5.74, 6) is 1.46. The van der Waals surface area contributed by atoms with Gasteiger partial charge in [-0.3, -0.25) is 9.78 Å². The van der Waals surface area contributed by atoms with Gasteiger partial charge in [-0.1, -0.05) is 28.1 Å². The molecule has 0 spiro atoms. The van der Waals surface area contributed by atoms with E-state index in [0.29, 0.717) is 12.3 Å².